The summed E-state index contributed by atoms with van der Waals surface area (Å²) in [4.78, 5) is 14.4. The quantitative estimate of drug-likeness (QED) is 0.607. The van der Waals surface area contributed by atoms with E-state index in [1.807, 2.05) is 12.3 Å². The van der Waals surface area contributed by atoms with Gasteiger partial charge in [0.1, 0.15) is 5.69 Å². The lowest BCUT2D eigenvalue weighted by molar-refractivity contribution is -0.384. The first-order chi connectivity index (χ1) is 10.3. The third kappa shape index (κ3) is 4.00. The molecule has 10 heteroatoms. The largest absolute Gasteiger partial charge is 0.379 e. The number of nitro groups is 1. The fraction of sp³-hybridized carbons (Fsp3) is 0.250. The molecule has 8 nitrogen and oxygen atoms in total. The Morgan fingerprint density at radius 3 is 2.73 bits per heavy atom. The molecule has 1 aromatic carbocycles. The van der Waals surface area contributed by atoms with Crippen LogP contribution in [0.1, 0.15) is 10.7 Å². The molecule has 2 rings (SSSR count). The molecule has 0 aliphatic carbocycles. The number of anilines is 1. The first-order valence-electron chi connectivity index (χ1n) is 6.23. The molecule has 0 atom stereocenters. The van der Waals surface area contributed by atoms with Gasteiger partial charge in [-0.2, -0.15) is 0 Å². The van der Waals surface area contributed by atoms with E-state index in [0.29, 0.717) is 13.0 Å². The molecule has 3 N–H and O–H groups in total. The number of nitrogens with two attached hydrogens (primary N) is 1. The van der Waals surface area contributed by atoms with Crippen LogP contribution in [0.4, 0.5) is 11.4 Å². The predicted octanol–water partition coefficient (Wildman–Crippen LogP) is 1.66. The van der Waals surface area contributed by atoms with Gasteiger partial charge in [-0.1, -0.05) is 0 Å². The summed E-state index contributed by atoms with van der Waals surface area (Å²) in [5.41, 5.74) is 0.809. The van der Waals surface area contributed by atoms with Crippen molar-refractivity contribution >= 4 is 32.7 Å². The first kappa shape index (κ1) is 16.3. The number of benzene rings is 1. The molecule has 0 saturated carbocycles. The van der Waals surface area contributed by atoms with Crippen LogP contribution in [0, 0.1) is 17.0 Å². The molecule has 22 heavy (non-hydrogen) atoms. The normalized spacial score (nSPS) is 11.4. The fourth-order valence-corrected chi connectivity index (χ4v) is 3.02. The zero-order valence-corrected chi connectivity index (χ0v) is 13.3. The van der Waals surface area contributed by atoms with Gasteiger partial charge in [-0.15, -0.1) is 11.3 Å². The van der Waals surface area contributed by atoms with Gasteiger partial charge >= 0.3 is 0 Å². The van der Waals surface area contributed by atoms with Crippen molar-refractivity contribution in [3.63, 3.8) is 0 Å². The van der Waals surface area contributed by atoms with Gasteiger partial charge < -0.3 is 5.32 Å². The van der Waals surface area contributed by atoms with Gasteiger partial charge in [-0.3, -0.25) is 10.1 Å². The van der Waals surface area contributed by atoms with Crippen molar-refractivity contribution in [2.75, 3.05) is 11.9 Å². The lowest BCUT2D eigenvalue weighted by atomic mass is 10.2. The molecule has 2 aromatic rings. The van der Waals surface area contributed by atoms with Crippen molar-refractivity contribution in [3.05, 3.63) is 44.4 Å². The van der Waals surface area contributed by atoms with Crippen LogP contribution in [-0.2, 0) is 16.4 Å². The number of nitro benzene ring substituents is 1. The maximum Gasteiger partial charge on any atom is 0.293 e. The molecule has 1 heterocycles. The second-order valence-corrected chi connectivity index (χ2v) is 7.14. The van der Waals surface area contributed by atoms with E-state index in [0.717, 1.165) is 16.8 Å². The minimum Gasteiger partial charge on any atom is -0.379 e. The second kappa shape index (κ2) is 6.38. The van der Waals surface area contributed by atoms with E-state index in [1.165, 1.54) is 23.5 Å². The lowest BCUT2D eigenvalue weighted by Crippen LogP contribution is -2.13. The first-order valence-corrected chi connectivity index (χ1v) is 8.66. The van der Waals surface area contributed by atoms with E-state index in [2.05, 4.69) is 10.3 Å². The highest BCUT2D eigenvalue weighted by atomic mass is 32.2. The molecule has 0 unspecified atom stereocenters. The molecule has 0 bridgehead atoms. The van der Waals surface area contributed by atoms with Gasteiger partial charge in [0.2, 0.25) is 10.0 Å². The number of nitrogens with zero attached hydrogens (tertiary/aromatic N) is 2. The molecular weight excluding hydrogens is 328 g/mol. The molecule has 0 spiro atoms. The van der Waals surface area contributed by atoms with Gasteiger partial charge in [0.15, 0.2) is 0 Å². The second-order valence-electron chi connectivity index (χ2n) is 4.52. The fourth-order valence-electron chi connectivity index (χ4n) is 1.84. The number of hydrogen-bond donors (Lipinski definition) is 2. The number of aryl methyl sites for hydroxylation is 1. The van der Waals surface area contributed by atoms with E-state index >= 15 is 0 Å². The van der Waals surface area contributed by atoms with Gasteiger partial charge in [-0.25, -0.2) is 18.5 Å². The summed E-state index contributed by atoms with van der Waals surface area (Å²) in [6.07, 6.45) is 0.610. The lowest BCUT2D eigenvalue weighted by Gasteiger charge is -2.07. The average molecular weight is 342 g/mol. The van der Waals surface area contributed by atoms with E-state index in [9.17, 15) is 18.5 Å². The maximum atomic E-state index is 11.2. The topological polar surface area (TPSA) is 128 Å². The SMILES string of the molecule is Cc1nc(CCNc2ccc(S(N)(=O)=O)cc2[N+](=O)[O-])cs1. The molecule has 0 aliphatic heterocycles. The number of aromatic nitrogens is 1. The van der Waals surface area contributed by atoms with Crippen molar-refractivity contribution < 1.29 is 13.3 Å². The number of rotatable bonds is 6. The van der Waals surface area contributed by atoms with Crippen LogP contribution >= 0.6 is 11.3 Å². The molecular formula is C12H14N4O4S2. The van der Waals surface area contributed by atoms with Crippen LogP contribution in [-0.4, -0.2) is 24.9 Å². The molecule has 1 aromatic heterocycles. The standard InChI is InChI=1S/C12H14N4O4S2/c1-8-15-9(7-21-8)4-5-14-11-3-2-10(22(13,19)20)6-12(11)16(17)18/h2-3,6-7,14H,4-5H2,1H3,(H2,13,19,20). The Morgan fingerprint density at radius 2 is 2.18 bits per heavy atom. The summed E-state index contributed by atoms with van der Waals surface area (Å²) in [6, 6.07) is 3.52. The minimum atomic E-state index is -3.98. The summed E-state index contributed by atoms with van der Waals surface area (Å²) in [5, 5.41) is 21.8. The van der Waals surface area contributed by atoms with E-state index in [-0.39, 0.29) is 16.3 Å². The molecule has 118 valence electrons. The average Bonchev–Trinajstić information content (AvgIpc) is 2.83. The zero-order chi connectivity index (χ0) is 16.3. The van der Waals surface area contributed by atoms with Gasteiger partial charge in [0, 0.05) is 24.4 Å². The molecule has 0 radical (unpaired) electrons. The van der Waals surface area contributed by atoms with Crippen molar-refractivity contribution in [1.82, 2.24) is 4.98 Å². The summed E-state index contributed by atoms with van der Waals surface area (Å²) in [6.45, 7) is 2.34. The number of thiazole rings is 1. The van der Waals surface area contributed by atoms with Gasteiger partial charge in [0.25, 0.3) is 5.69 Å². The van der Waals surface area contributed by atoms with Crippen LogP contribution in [0.25, 0.3) is 0 Å². The Hall–Kier alpha value is -2.04. The van der Waals surface area contributed by atoms with Gasteiger partial charge in [0.05, 0.1) is 20.5 Å². The Balaban J connectivity index is 2.14. The minimum absolute atomic E-state index is 0.240. The summed E-state index contributed by atoms with van der Waals surface area (Å²) >= 11 is 1.54. The third-order valence-electron chi connectivity index (χ3n) is 2.86. The van der Waals surface area contributed by atoms with Crippen molar-refractivity contribution in [2.45, 2.75) is 18.2 Å². The number of primary sulfonamides is 1. The Labute approximate surface area is 131 Å². The van der Waals surface area contributed by atoms with Crippen molar-refractivity contribution in [1.29, 1.82) is 0 Å². The molecule has 0 saturated heterocycles. The van der Waals surface area contributed by atoms with Gasteiger partial charge in [-0.05, 0) is 19.1 Å². The Bertz CT molecular complexity index is 801. The smallest absolute Gasteiger partial charge is 0.293 e. The monoisotopic (exact) mass is 342 g/mol. The maximum absolute atomic E-state index is 11.2. The third-order valence-corrected chi connectivity index (χ3v) is 4.59. The van der Waals surface area contributed by atoms with Crippen molar-refractivity contribution in [2.24, 2.45) is 5.14 Å². The number of sulfonamides is 1. The van der Waals surface area contributed by atoms with E-state index in [4.69, 9.17) is 5.14 Å². The Kier molecular flexibility index (Phi) is 4.74. The highest BCUT2D eigenvalue weighted by molar-refractivity contribution is 7.89. The van der Waals surface area contributed by atoms with Crippen LogP contribution in [0.5, 0.6) is 0 Å². The van der Waals surface area contributed by atoms with Crippen LogP contribution in [0.2, 0.25) is 0 Å². The van der Waals surface area contributed by atoms with Crippen LogP contribution in [0.3, 0.4) is 0 Å². The van der Waals surface area contributed by atoms with E-state index < -0.39 is 14.9 Å². The van der Waals surface area contributed by atoms with Crippen molar-refractivity contribution in [3.8, 4) is 0 Å². The summed E-state index contributed by atoms with van der Waals surface area (Å²) < 4.78 is 22.5. The molecule has 0 fully saturated rings. The number of nitrogens with one attached hydrogen (secondary N) is 1. The number of hydrogen-bond acceptors (Lipinski definition) is 7. The molecule has 0 aliphatic rings. The Morgan fingerprint density at radius 1 is 1.45 bits per heavy atom. The zero-order valence-electron chi connectivity index (χ0n) is 11.6. The van der Waals surface area contributed by atoms with E-state index in [1.54, 1.807) is 0 Å². The highest BCUT2D eigenvalue weighted by Crippen LogP contribution is 2.27. The summed E-state index contributed by atoms with van der Waals surface area (Å²) in [7, 11) is -3.98. The molecule has 0 amide bonds. The van der Waals surface area contributed by atoms with Crippen LogP contribution in [0.15, 0.2) is 28.5 Å². The highest BCUT2D eigenvalue weighted by Gasteiger charge is 2.18. The summed E-state index contributed by atoms with van der Waals surface area (Å²) in [5.74, 6) is 0. The van der Waals surface area contributed by atoms with Crippen LogP contribution < -0.4 is 10.5 Å². The predicted molar refractivity (Wildman–Crippen MR) is 83.5 cm³/mol.